The van der Waals surface area contributed by atoms with Crippen molar-refractivity contribution in [1.29, 1.82) is 0 Å². The number of hydrogen-bond acceptors (Lipinski definition) is 3. The Kier molecular flexibility index (Phi) is 6.58. The van der Waals surface area contributed by atoms with E-state index < -0.39 is 11.7 Å². The molecule has 1 N–H and O–H groups in total. The van der Waals surface area contributed by atoms with Crippen LogP contribution < -0.4 is 5.32 Å². The molecule has 0 atom stereocenters. The van der Waals surface area contributed by atoms with Gasteiger partial charge in [0.1, 0.15) is 5.82 Å². The van der Waals surface area contributed by atoms with Crippen LogP contribution >= 0.6 is 23.2 Å². The number of amides is 1. The fourth-order valence-electron chi connectivity index (χ4n) is 3.36. The number of anilines is 1. The van der Waals surface area contributed by atoms with Gasteiger partial charge >= 0.3 is 0 Å². The maximum atomic E-state index is 13.3. The van der Waals surface area contributed by atoms with Crippen LogP contribution in [0.3, 0.4) is 0 Å². The molecule has 0 bridgehead atoms. The summed E-state index contributed by atoms with van der Waals surface area (Å²) in [5, 5.41) is 7.97. The number of nitrogens with zero attached hydrogens (tertiary/aromatic N) is 2. The van der Waals surface area contributed by atoms with Crippen LogP contribution in [0.15, 0.2) is 72.8 Å². The van der Waals surface area contributed by atoms with E-state index in [4.69, 9.17) is 23.2 Å². The third-order valence-electron chi connectivity index (χ3n) is 5.08. The zero-order chi connectivity index (χ0) is 23.5. The monoisotopic (exact) mass is 481 g/mol. The molecule has 5 nitrogen and oxygen atoms in total. The van der Waals surface area contributed by atoms with Crippen LogP contribution in [0.2, 0.25) is 10.0 Å². The van der Waals surface area contributed by atoms with Gasteiger partial charge in [-0.3, -0.25) is 14.3 Å². The summed E-state index contributed by atoms with van der Waals surface area (Å²) in [5.74, 6) is -0.840. The topological polar surface area (TPSA) is 64.0 Å². The number of benzene rings is 3. The van der Waals surface area contributed by atoms with Gasteiger partial charge in [-0.1, -0.05) is 47.5 Å². The van der Waals surface area contributed by atoms with E-state index in [2.05, 4.69) is 10.4 Å². The van der Waals surface area contributed by atoms with Crippen molar-refractivity contribution < 1.29 is 14.0 Å². The second-order valence-electron chi connectivity index (χ2n) is 7.40. The van der Waals surface area contributed by atoms with E-state index in [0.29, 0.717) is 33.5 Å². The zero-order valence-corrected chi connectivity index (χ0v) is 19.0. The van der Waals surface area contributed by atoms with Gasteiger partial charge in [0.2, 0.25) is 0 Å². The summed E-state index contributed by atoms with van der Waals surface area (Å²) in [4.78, 5) is 26.0. The molecule has 4 rings (SSSR count). The van der Waals surface area contributed by atoms with Crippen LogP contribution in [0.1, 0.15) is 37.5 Å². The highest BCUT2D eigenvalue weighted by molar-refractivity contribution is 6.31. The number of ketones is 1. The molecule has 0 aliphatic rings. The summed E-state index contributed by atoms with van der Waals surface area (Å²) in [6.45, 7) is 2.14. The summed E-state index contributed by atoms with van der Waals surface area (Å²) in [5.41, 5.74) is 2.39. The van der Waals surface area contributed by atoms with Crippen LogP contribution in [0.5, 0.6) is 0 Å². The van der Waals surface area contributed by atoms with Crippen molar-refractivity contribution in [2.24, 2.45) is 0 Å². The van der Waals surface area contributed by atoms with Gasteiger partial charge in [-0.25, -0.2) is 4.39 Å². The molecule has 1 aromatic heterocycles. The molecule has 4 aromatic rings. The van der Waals surface area contributed by atoms with Gasteiger partial charge < -0.3 is 5.32 Å². The molecule has 0 aliphatic carbocycles. The first-order valence-corrected chi connectivity index (χ1v) is 10.8. The Balaban J connectivity index is 1.55. The molecule has 8 heteroatoms. The highest BCUT2D eigenvalue weighted by atomic mass is 35.5. The Labute approximate surface area is 199 Å². The number of aromatic nitrogens is 2. The van der Waals surface area contributed by atoms with Crippen LogP contribution in [-0.4, -0.2) is 21.5 Å². The minimum Gasteiger partial charge on any atom is -0.305 e. The van der Waals surface area contributed by atoms with E-state index >= 15 is 0 Å². The smallest absolute Gasteiger partial charge is 0.257 e. The Hall–Kier alpha value is -3.48. The van der Waals surface area contributed by atoms with Gasteiger partial charge in [0.25, 0.3) is 5.91 Å². The highest BCUT2D eigenvalue weighted by Gasteiger charge is 2.19. The lowest BCUT2D eigenvalue weighted by Crippen LogP contribution is -2.17. The Morgan fingerprint density at radius 3 is 2.36 bits per heavy atom. The predicted molar refractivity (Wildman–Crippen MR) is 127 cm³/mol. The number of aryl methyl sites for hydroxylation is 1. The van der Waals surface area contributed by atoms with Crippen LogP contribution in [-0.2, 0) is 6.54 Å². The third kappa shape index (κ3) is 5.13. The first kappa shape index (κ1) is 22.7. The highest BCUT2D eigenvalue weighted by Crippen LogP contribution is 2.21. The average Bonchev–Trinajstić information content (AvgIpc) is 3.14. The maximum Gasteiger partial charge on any atom is 0.257 e. The number of rotatable bonds is 6. The van der Waals surface area contributed by atoms with Gasteiger partial charge in [0.05, 0.1) is 12.1 Å². The second-order valence-corrected chi connectivity index (χ2v) is 8.24. The van der Waals surface area contributed by atoms with E-state index in [1.165, 1.54) is 12.1 Å². The summed E-state index contributed by atoms with van der Waals surface area (Å²) in [7, 11) is 0. The van der Waals surface area contributed by atoms with Crippen molar-refractivity contribution in [3.63, 3.8) is 0 Å². The lowest BCUT2D eigenvalue weighted by Gasteiger charge is -2.09. The van der Waals surface area contributed by atoms with Gasteiger partial charge in [-0.2, -0.15) is 5.10 Å². The van der Waals surface area contributed by atoms with Gasteiger partial charge in [-0.05, 0) is 55.0 Å². The van der Waals surface area contributed by atoms with E-state index in [9.17, 15) is 14.0 Å². The molecular formula is C25H18Cl2FN3O2. The summed E-state index contributed by atoms with van der Waals surface area (Å²) < 4.78 is 15.0. The van der Waals surface area contributed by atoms with Crippen molar-refractivity contribution in [2.45, 2.75) is 13.5 Å². The Bertz CT molecular complexity index is 1350. The zero-order valence-electron chi connectivity index (χ0n) is 17.5. The maximum absolute atomic E-state index is 13.3. The molecule has 0 radical (unpaired) electrons. The average molecular weight is 482 g/mol. The predicted octanol–water partition coefficient (Wildman–Crippen LogP) is 6.17. The Morgan fingerprint density at radius 2 is 1.67 bits per heavy atom. The SMILES string of the molecule is Cc1cc(NC(=O)c2ccccc2C(=O)c2ccc(Cl)cc2)nn1Cc1ccc(F)cc1Cl. The Morgan fingerprint density at radius 1 is 0.970 bits per heavy atom. The van der Waals surface area contributed by atoms with Crippen molar-refractivity contribution >= 4 is 40.7 Å². The lowest BCUT2D eigenvalue weighted by molar-refractivity contribution is 0.0996. The van der Waals surface area contributed by atoms with Crippen molar-refractivity contribution in [1.82, 2.24) is 9.78 Å². The lowest BCUT2D eigenvalue weighted by atomic mass is 9.98. The van der Waals surface area contributed by atoms with Crippen LogP contribution in [0, 0.1) is 12.7 Å². The molecule has 0 aliphatic heterocycles. The normalized spacial score (nSPS) is 10.8. The van der Waals surface area contributed by atoms with Gasteiger partial charge in [-0.15, -0.1) is 0 Å². The second kappa shape index (κ2) is 9.57. The molecule has 33 heavy (non-hydrogen) atoms. The van der Waals surface area contributed by atoms with Crippen molar-refractivity contribution in [3.05, 3.63) is 117 Å². The molecule has 0 saturated heterocycles. The molecule has 0 unspecified atom stereocenters. The van der Waals surface area contributed by atoms with E-state index in [0.717, 1.165) is 5.69 Å². The largest absolute Gasteiger partial charge is 0.305 e. The van der Waals surface area contributed by atoms with Crippen molar-refractivity contribution in [3.8, 4) is 0 Å². The number of carbonyl (C=O) groups excluding carboxylic acids is 2. The number of hydrogen-bond donors (Lipinski definition) is 1. The fraction of sp³-hybridized carbons (Fsp3) is 0.0800. The quantitative estimate of drug-likeness (QED) is 0.335. The van der Waals surface area contributed by atoms with Gasteiger partial charge in [0, 0.05) is 32.9 Å². The first-order chi connectivity index (χ1) is 15.8. The summed E-state index contributed by atoms with van der Waals surface area (Å²) in [6, 6.07) is 18.9. The summed E-state index contributed by atoms with van der Waals surface area (Å²) in [6.07, 6.45) is 0. The van der Waals surface area contributed by atoms with Crippen LogP contribution in [0.25, 0.3) is 0 Å². The van der Waals surface area contributed by atoms with E-state index in [1.807, 2.05) is 6.92 Å². The molecule has 1 amide bonds. The third-order valence-corrected chi connectivity index (χ3v) is 5.68. The van der Waals surface area contributed by atoms with Crippen molar-refractivity contribution in [2.75, 3.05) is 5.32 Å². The molecule has 166 valence electrons. The minimum absolute atomic E-state index is 0.228. The van der Waals surface area contributed by atoms with Gasteiger partial charge in [0.15, 0.2) is 11.6 Å². The standard InChI is InChI=1S/C25H18Cl2FN3O2/c1-15-12-23(30-31(15)14-17-8-11-19(28)13-22(17)27)29-25(33)21-5-3-2-4-20(21)24(32)16-6-9-18(26)10-7-16/h2-13H,14H2,1H3,(H,29,30,33). The number of halogens is 3. The molecule has 0 fully saturated rings. The molecule has 3 aromatic carbocycles. The molecule has 0 saturated carbocycles. The number of carbonyl (C=O) groups is 2. The van der Waals surface area contributed by atoms with Crippen LogP contribution in [0.4, 0.5) is 10.2 Å². The molecular weight excluding hydrogens is 464 g/mol. The van der Waals surface area contributed by atoms with E-state index in [-0.39, 0.29) is 16.9 Å². The molecule has 0 spiro atoms. The first-order valence-electron chi connectivity index (χ1n) is 10.0. The summed E-state index contributed by atoms with van der Waals surface area (Å²) >= 11 is 12.0. The molecule has 1 heterocycles. The number of nitrogens with one attached hydrogen (secondary N) is 1. The fourth-order valence-corrected chi connectivity index (χ4v) is 3.72. The minimum atomic E-state index is -0.461. The van der Waals surface area contributed by atoms with E-state index in [1.54, 1.807) is 65.3 Å².